The van der Waals surface area contributed by atoms with Crippen molar-refractivity contribution in [3.05, 3.63) is 57.8 Å². The first kappa shape index (κ1) is 12.3. The van der Waals surface area contributed by atoms with Crippen molar-refractivity contribution in [2.75, 3.05) is 0 Å². The number of benzene rings is 1. The lowest BCUT2D eigenvalue weighted by Gasteiger charge is -2.21. The molecule has 2 heteroatoms. The predicted molar refractivity (Wildman–Crippen MR) is 75.5 cm³/mol. The minimum atomic E-state index is 0.383. The van der Waals surface area contributed by atoms with Crippen molar-refractivity contribution in [1.82, 2.24) is 5.32 Å². The zero-order chi connectivity index (χ0) is 12.3. The number of hydrogen-bond donors (Lipinski definition) is 1. The molecule has 1 aromatic heterocycles. The molecule has 0 saturated carbocycles. The van der Waals surface area contributed by atoms with Crippen LogP contribution >= 0.6 is 11.3 Å². The molecule has 1 N–H and O–H groups in total. The molecule has 0 aliphatic carbocycles. The smallest absolute Gasteiger partial charge is 0.0391 e. The van der Waals surface area contributed by atoms with Gasteiger partial charge in [-0.05, 0) is 43.3 Å². The first-order valence-corrected chi connectivity index (χ1v) is 6.91. The van der Waals surface area contributed by atoms with Crippen molar-refractivity contribution >= 4 is 11.3 Å². The summed E-state index contributed by atoms with van der Waals surface area (Å²) >= 11 is 1.81. The molecule has 2 aromatic rings. The SMILES string of the molecule is Cc1ccccc1[C@@H](C)NC(C)c1cccs1. The Balaban J connectivity index is 2.07. The summed E-state index contributed by atoms with van der Waals surface area (Å²) in [4.78, 5) is 1.39. The average Bonchev–Trinajstić information content (AvgIpc) is 2.82. The third-order valence-electron chi connectivity index (χ3n) is 3.12. The number of rotatable bonds is 4. The van der Waals surface area contributed by atoms with E-state index < -0.39 is 0 Å². The van der Waals surface area contributed by atoms with Crippen molar-refractivity contribution in [2.45, 2.75) is 32.9 Å². The van der Waals surface area contributed by atoms with Crippen LogP contribution in [0, 0.1) is 6.92 Å². The minimum absolute atomic E-state index is 0.383. The van der Waals surface area contributed by atoms with Crippen LogP contribution in [0.2, 0.25) is 0 Å². The van der Waals surface area contributed by atoms with Crippen LogP contribution in [0.4, 0.5) is 0 Å². The third kappa shape index (κ3) is 2.96. The fourth-order valence-electron chi connectivity index (χ4n) is 2.16. The maximum atomic E-state index is 3.65. The van der Waals surface area contributed by atoms with Crippen LogP contribution in [0.15, 0.2) is 41.8 Å². The standard InChI is InChI=1S/C15H19NS/c1-11-7-4-5-8-14(11)12(2)16-13(3)15-9-6-10-17-15/h4-10,12-13,16H,1-3H3/t12-,13?/m1/s1. The molecule has 0 radical (unpaired) electrons. The average molecular weight is 245 g/mol. The summed E-state index contributed by atoms with van der Waals surface area (Å²) in [7, 11) is 0. The molecular formula is C15H19NS. The summed E-state index contributed by atoms with van der Waals surface area (Å²) in [6.45, 7) is 6.62. The maximum Gasteiger partial charge on any atom is 0.0391 e. The zero-order valence-electron chi connectivity index (χ0n) is 10.6. The Morgan fingerprint density at radius 3 is 2.41 bits per heavy atom. The van der Waals surface area contributed by atoms with E-state index in [9.17, 15) is 0 Å². The van der Waals surface area contributed by atoms with E-state index in [-0.39, 0.29) is 0 Å². The highest BCUT2D eigenvalue weighted by Crippen LogP contribution is 2.23. The molecule has 90 valence electrons. The maximum absolute atomic E-state index is 3.65. The monoisotopic (exact) mass is 245 g/mol. The first-order valence-electron chi connectivity index (χ1n) is 6.03. The Hall–Kier alpha value is -1.12. The molecule has 0 saturated heterocycles. The van der Waals surface area contributed by atoms with Gasteiger partial charge in [-0.25, -0.2) is 0 Å². The van der Waals surface area contributed by atoms with Crippen molar-refractivity contribution in [3.63, 3.8) is 0 Å². The van der Waals surface area contributed by atoms with E-state index in [2.05, 4.69) is 67.9 Å². The van der Waals surface area contributed by atoms with Gasteiger partial charge in [0.1, 0.15) is 0 Å². The summed E-state index contributed by atoms with van der Waals surface area (Å²) in [5.41, 5.74) is 2.74. The first-order chi connectivity index (χ1) is 8.18. The van der Waals surface area contributed by atoms with Gasteiger partial charge in [0.05, 0.1) is 0 Å². The Morgan fingerprint density at radius 2 is 1.76 bits per heavy atom. The van der Waals surface area contributed by atoms with E-state index in [0.29, 0.717) is 12.1 Å². The number of thiophene rings is 1. The van der Waals surface area contributed by atoms with Crippen LogP contribution in [0.1, 0.15) is 41.9 Å². The molecule has 1 unspecified atom stereocenters. The lowest BCUT2D eigenvalue weighted by Crippen LogP contribution is -2.22. The quantitative estimate of drug-likeness (QED) is 0.838. The number of aryl methyl sites for hydroxylation is 1. The minimum Gasteiger partial charge on any atom is -0.303 e. The molecular weight excluding hydrogens is 226 g/mol. The van der Waals surface area contributed by atoms with Gasteiger partial charge in [-0.1, -0.05) is 30.3 Å². The van der Waals surface area contributed by atoms with E-state index in [4.69, 9.17) is 0 Å². The van der Waals surface area contributed by atoms with Crippen LogP contribution in [-0.2, 0) is 0 Å². The second kappa shape index (κ2) is 5.48. The van der Waals surface area contributed by atoms with Crippen molar-refractivity contribution in [1.29, 1.82) is 0 Å². The van der Waals surface area contributed by atoms with Crippen molar-refractivity contribution < 1.29 is 0 Å². The van der Waals surface area contributed by atoms with E-state index in [1.54, 1.807) is 0 Å². The van der Waals surface area contributed by atoms with Gasteiger partial charge in [0.2, 0.25) is 0 Å². The second-order valence-corrected chi connectivity index (χ2v) is 5.46. The topological polar surface area (TPSA) is 12.0 Å². The highest BCUT2D eigenvalue weighted by Gasteiger charge is 2.12. The fraction of sp³-hybridized carbons (Fsp3) is 0.333. The van der Waals surface area contributed by atoms with Crippen LogP contribution in [0.5, 0.6) is 0 Å². The Labute approximate surface area is 108 Å². The zero-order valence-corrected chi connectivity index (χ0v) is 11.4. The molecule has 2 atom stereocenters. The lowest BCUT2D eigenvalue weighted by atomic mass is 10.0. The van der Waals surface area contributed by atoms with E-state index in [1.165, 1.54) is 16.0 Å². The van der Waals surface area contributed by atoms with Gasteiger partial charge < -0.3 is 5.32 Å². The normalized spacial score (nSPS) is 14.5. The van der Waals surface area contributed by atoms with Gasteiger partial charge in [-0.3, -0.25) is 0 Å². The molecule has 2 rings (SSSR count). The second-order valence-electron chi connectivity index (χ2n) is 4.48. The van der Waals surface area contributed by atoms with E-state index >= 15 is 0 Å². The summed E-state index contributed by atoms with van der Waals surface area (Å²) in [5, 5.41) is 5.78. The van der Waals surface area contributed by atoms with Crippen LogP contribution < -0.4 is 5.32 Å². The summed E-state index contributed by atoms with van der Waals surface area (Å²) in [6.07, 6.45) is 0. The molecule has 1 nitrogen and oxygen atoms in total. The predicted octanol–water partition coefficient (Wildman–Crippen LogP) is 4.47. The van der Waals surface area contributed by atoms with Gasteiger partial charge in [0, 0.05) is 17.0 Å². The molecule has 0 amide bonds. The van der Waals surface area contributed by atoms with Crippen molar-refractivity contribution in [2.24, 2.45) is 0 Å². The molecule has 0 spiro atoms. The Bertz CT molecular complexity index is 462. The highest BCUT2D eigenvalue weighted by molar-refractivity contribution is 7.10. The van der Waals surface area contributed by atoms with Crippen LogP contribution in [0.3, 0.4) is 0 Å². The van der Waals surface area contributed by atoms with Gasteiger partial charge in [-0.2, -0.15) is 0 Å². The molecule has 1 aromatic carbocycles. The summed E-state index contributed by atoms with van der Waals surface area (Å²) < 4.78 is 0. The molecule has 0 fully saturated rings. The fourth-order valence-corrected chi connectivity index (χ4v) is 2.90. The van der Waals surface area contributed by atoms with Gasteiger partial charge in [0.15, 0.2) is 0 Å². The lowest BCUT2D eigenvalue weighted by molar-refractivity contribution is 0.498. The third-order valence-corrected chi connectivity index (χ3v) is 4.18. The van der Waals surface area contributed by atoms with E-state index in [1.807, 2.05) is 11.3 Å². The summed E-state index contributed by atoms with van der Waals surface area (Å²) in [6, 6.07) is 13.7. The van der Waals surface area contributed by atoms with Gasteiger partial charge in [0.25, 0.3) is 0 Å². The van der Waals surface area contributed by atoms with Gasteiger partial charge in [-0.15, -0.1) is 11.3 Å². The van der Waals surface area contributed by atoms with E-state index in [0.717, 1.165) is 0 Å². The van der Waals surface area contributed by atoms with Crippen molar-refractivity contribution in [3.8, 4) is 0 Å². The molecule has 0 bridgehead atoms. The van der Waals surface area contributed by atoms with Gasteiger partial charge >= 0.3 is 0 Å². The largest absolute Gasteiger partial charge is 0.303 e. The summed E-state index contributed by atoms with van der Waals surface area (Å²) in [5.74, 6) is 0. The molecule has 0 aliphatic heterocycles. The molecule has 1 heterocycles. The van der Waals surface area contributed by atoms with Crippen LogP contribution in [-0.4, -0.2) is 0 Å². The highest BCUT2D eigenvalue weighted by atomic mass is 32.1. The number of hydrogen-bond acceptors (Lipinski definition) is 2. The molecule has 0 aliphatic rings. The number of nitrogens with one attached hydrogen (secondary N) is 1. The Morgan fingerprint density at radius 1 is 1.00 bits per heavy atom. The van der Waals surface area contributed by atoms with Crippen LogP contribution in [0.25, 0.3) is 0 Å². The molecule has 17 heavy (non-hydrogen) atoms. The Kier molecular flexibility index (Phi) is 3.97.